The Morgan fingerprint density at radius 1 is 0.605 bits per heavy atom. The van der Waals surface area contributed by atoms with Gasteiger partial charge in [0, 0.05) is 41.5 Å². The number of furan rings is 1. The molecule has 4 nitrogen and oxygen atoms in total. The number of pyridine rings is 1. The van der Waals surface area contributed by atoms with Gasteiger partial charge >= 0.3 is 0 Å². The summed E-state index contributed by atoms with van der Waals surface area (Å²) >= 11 is 0. The fourth-order valence-electron chi connectivity index (χ4n) is 15.4. The number of aromatic nitrogens is 3. The Bertz CT molecular complexity index is 4690. The summed E-state index contributed by atoms with van der Waals surface area (Å²) in [5.41, 5.74) is 22.6. The van der Waals surface area contributed by atoms with E-state index >= 15 is 0 Å². The second kappa shape index (κ2) is 21.2. The van der Waals surface area contributed by atoms with Gasteiger partial charge in [0.15, 0.2) is 0 Å². The van der Waals surface area contributed by atoms with Crippen LogP contribution in [0, 0.1) is 19.0 Å². The molecule has 14 rings (SSSR count). The van der Waals surface area contributed by atoms with Crippen LogP contribution in [0.15, 0.2) is 168 Å². The maximum Gasteiger partial charge on any atom is 0.121 e. The van der Waals surface area contributed by atoms with Crippen LogP contribution in [0.5, 0.6) is 0 Å². The molecule has 0 unspecified atom stereocenters. The van der Waals surface area contributed by atoms with Gasteiger partial charge in [-0.3, -0.25) is 4.98 Å². The third-order valence-corrected chi connectivity index (χ3v) is 18.8. The Labute approximate surface area is 528 Å². The van der Waals surface area contributed by atoms with Gasteiger partial charge in [-0.05, 0) is 177 Å². The quantitative estimate of drug-likeness (QED) is 0.118. The van der Waals surface area contributed by atoms with Gasteiger partial charge in [-0.1, -0.05) is 213 Å². The minimum Gasteiger partial charge on any atom is -0.501 e. The molecule has 0 aliphatic heterocycles. The number of benzene rings is 9. The molecule has 0 saturated carbocycles. The van der Waals surface area contributed by atoms with Crippen molar-refractivity contribution in [3.8, 4) is 50.6 Å². The van der Waals surface area contributed by atoms with Crippen molar-refractivity contribution in [3.63, 3.8) is 0 Å². The normalized spacial score (nSPS) is 16.3. The molecule has 1 radical (unpaired) electrons. The summed E-state index contributed by atoms with van der Waals surface area (Å²) in [7, 11) is 0. The van der Waals surface area contributed by atoms with E-state index < -0.39 is 6.85 Å². The summed E-state index contributed by atoms with van der Waals surface area (Å²) in [5.74, 6) is 1.05. The molecule has 0 bridgehead atoms. The summed E-state index contributed by atoms with van der Waals surface area (Å²) in [4.78, 5) is 10.1. The molecule has 437 valence electrons. The van der Waals surface area contributed by atoms with E-state index in [2.05, 4.69) is 236 Å². The van der Waals surface area contributed by atoms with Crippen molar-refractivity contribution in [1.29, 1.82) is 0 Å². The van der Waals surface area contributed by atoms with Crippen molar-refractivity contribution in [2.45, 2.75) is 162 Å². The number of fused-ring (bicyclic) bond motifs is 9. The Hall–Kier alpha value is -7.43. The fourth-order valence-corrected chi connectivity index (χ4v) is 15.4. The maximum atomic E-state index is 8.57. The molecule has 3 aromatic heterocycles. The van der Waals surface area contributed by atoms with Crippen LogP contribution in [0.4, 0.5) is 0 Å². The molecule has 2 aliphatic carbocycles. The molecular weight excluding hydrogens is 1220 g/mol. The molecule has 3 heterocycles. The predicted molar refractivity (Wildman–Crippen MR) is 360 cm³/mol. The van der Waals surface area contributed by atoms with Crippen LogP contribution in [0.2, 0.25) is 0 Å². The first-order chi connectivity index (χ1) is 41.5. The van der Waals surface area contributed by atoms with E-state index in [1.54, 1.807) is 28.3 Å². The van der Waals surface area contributed by atoms with Crippen molar-refractivity contribution in [2.24, 2.45) is 0 Å². The number of hydrogen-bond donors (Lipinski definition) is 0. The van der Waals surface area contributed by atoms with Crippen molar-refractivity contribution >= 4 is 54.5 Å². The SMILES string of the molecule is CC(C)(C)c1ccnc(-c2[c-]ccc(-c3c4c(cc5c3C(C)(C)CC5(C)C)C(C)(C)CC4(C)C)c2)c1.[2H]C([2H])([2H])c1c[c-]c(-c2nc3ccccc3n2-c2c(C(C)C)cc(-c3ccccc3)cc2C(C)C)c2oc3cc4c(ccc5ccccc54)cc3c12.[Ir]. The molecule has 0 spiro atoms. The largest absolute Gasteiger partial charge is 0.501 e. The zero-order chi connectivity index (χ0) is 62.4. The number of rotatable bonds is 7. The number of aryl methyl sites for hydroxylation is 1. The van der Waals surface area contributed by atoms with Gasteiger partial charge in [-0.25, -0.2) is 0 Å². The first-order valence-electron chi connectivity index (χ1n) is 32.2. The number of imidazole rings is 1. The van der Waals surface area contributed by atoms with Crippen LogP contribution < -0.4 is 0 Å². The Kier molecular flexibility index (Phi) is 13.6. The van der Waals surface area contributed by atoms with Crippen molar-refractivity contribution in [2.75, 3.05) is 0 Å². The van der Waals surface area contributed by atoms with Crippen molar-refractivity contribution in [3.05, 3.63) is 221 Å². The average Bonchev–Trinajstić information content (AvgIpc) is 1.57. The number of hydrogen-bond acceptors (Lipinski definition) is 3. The van der Waals surface area contributed by atoms with Gasteiger partial charge in [0.05, 0.1) is 22.4 Å². The smallest absolute Gasteiger partial charge is 0.121 e. The van der Waals surface area contributed by atoms with E-state index in [4.69, 9.17) is 18.5 Å². The zero-order valence-electron chi connectivity index (χ0n) is 55.7. The third kappa shape index (κ3) is 9.86. The van der Waals surface area contributed by atoms with E-state index in [1.807, 2.05) is 42.6 Å². The molecule has 0 saturated heterocycles. The van der Waals surface area contributed by atoms with Gasteiger partial charge < -0.3 is 14.0 Å². The van der Waals surface area contributed by atoms with Gasteiger partial charge in [0.1, 0.15) is 5.58 Å². The summed E-state index contributed by atoms with van der Waals surface area (Å²) in [6, 6.07) is 62.3. The molecular formula is C81H81IrN3O-2. The second-order valence-electron chi connectivity index (χ2n) is 28.8. The monoisotopic (exact) mass is 1310 g/mol. The molecule has 0 N–H and O–H groups in total. The summed E-state index contributed by atoms with van der Waals surface area (Å²) in [6.07, 6.45) is 4.30. The molecule has 0 amide bonds. The number of para-hydroxylation sites is 2. The van der Waals surface area contributed by atoms with Crippen LogP contribution in [0.25, 0.3) is 105 Å². The van der Waals surface area contributed by atoms with E-state index in [9.17, 15) is 0 Å². The topological polar surface area (TPSA) is 43.9 Å². The minimum absolute atomic E-state index is 0. The molecule has 0 atom stereocenters. The standard InChI is InChI=1S/C46H37N2O.C35H44N.Ir/c1-27(2)36-24-33(30-13-7-6-8-14-30)25-37(28(3)4)44(36)48-41-18-12-11-17-40(41)47-46(48)35-22-19-29(5)43-39-23-32-21-20-31-15-9-10-16-34(31)38(32)26-42(39)49-45(35)43;1-31(2,3)24-15-16-36-27(18-24)22-13-12-14-23(17-22)28-29-25(32(4,5)20-34(29,8)9)19-26-30(28)35(10,11)21-33(26,6)7;/h6-21,23-28H,1-5H3;12,14-19H,20-21H2,1-11H3;/q2*-1;/i5D3;;. The zero-order valence-corrected chi connectivity index (χ0v) is 55.1. The fraction of sp³-hybridized carbons (Fsp3) is 0.309. The van der Waals surface area contributed by atoms with Crippen LogP contribution in [-0.4, -0.2) is 14.5 Å². The third-order valence-electron chi connectivity index (χ3n) is 18.8. The van der Waals surface area contributed by atoms with E-state index in [0.717, 1.165) is 54.9 Å². The Morgan fingerprint density at radius 3 is 1.91 bits per heavy atom. The van der Waals surface area contributed by atoms with Crippen molar-refractivity contribution < 1.29 is 28.6 Å². The molecule has 2 aliphatic rings. The first kappa shape index (κ1) is 55.2. The molecule has 12 aromatic rings. The maximum absolute atomic E-state index is 8.57. The average molecular weight is 1310 g/mol. The molecule has 0 fully saturated rings. The van der Waals surface area contributed by atoms with Crippen LogP contribution in [0.3, 0.4) is 0 Å². The Balaban J connectivity index is 0.000000183. The van der Waals surface area contributed by atoms with Crippen LogP contribution in [0.1, 0.15) is 177 Å². The molecule has 5 heteroatoms. The Morgan fingerprint density at radius 2 is 1.24 bits per heavy atom. The minimum atomic E-state index is -2.38. The summed E-state index contributed by atoms with van der Waals surface area (Å²) in [6.45, 7) is 32.9. The van der Waals surface area contributed by atoms with E-state index in [-0.39, 0.29) is 64.6 Å². The number of nitrogens with zero attached hydrogens (tertiary/aromatic N) is 3. The van der Waals surface area contributed by atoms with Gasteiger partial charge in [-0.15, -0.1) is 53.1 Å². The summed E-state index contributed by atoms with van der Waals surface area (Å²) in [5, 5.41) is 5.67. The van der Waals surface area contributed by atoms with Crippen LogP contribution >= 0.6 is 0 Å². The molecule has 86 heavy (non-hydrogen) atoms. The van der Waals surface area contributed by atoms with E-state index in [1.165, 1.54) is 51.8 Å². The van der Waals surface area contributed by atoms with Gasteiger partial charge in [0.25, 0.3) is 0 Å². The van der Waals surface area contributed by atoms with Gasteiger partial charge in [0.2, 0.25) is 0 Å². The van der Waals surface area contributed by atoms with Gasteiger partial charge in [-0.2, -0.15) is 0 Å². The predicted octanol–water partition coefficient (Wildman–Crippen LogP) is 22.3. The second-order valence-corrected chi connectivity index (χ2v) is 28.8. The van der Waals surface area contributed by atoms with Crippen molar-refractivity contribution in [1.82, 2.24) is 14.5 Å². The van der Waals surface area contributed by atoms with Crippen LogP contribution in [-0.2, 0) is 47.2 Å². The molecule has 9 aromatic carbocycles. The summed E-state index contributed by atoms with van der Waals surface area (Å²) < 4.78 is 34.8. The van der Waals surface area contributed by atoms with E-state index in [0.29, 0.717) is 27.9 Å². The first-order valence-corrected chi connectivity index (χ1v) is 30.7.